The lowest BCUT2D eigenvalue weighted by Crippen LogP contribution is -2.46. The topological polar surface area (TPSA) is 41.4 Å². The molecule has 32 heavy (non-hydrogen) atoms. The number of nitrogens with zero attached hydrogens (tertiary/aromatic N) is 4. The Morgan fingerprint density at radius 3 is 2.53 bits per heavy atom. The van der Waals surface area contributed by atoms with E-state index in [0.717, 1.165) is 50.2 Å². The predicted octanol–water partition coefficient (Wildman–Crippen LogP) is 4.59. The molecule has 1 aliphatic rings. The summed E-state index contributed by atoms with van der Waals surface area (Å²) >= 11 is 0. The first-order valence-electron chi connectivity index (χ1n) is 12.0. The van der Waals surface area contributed by atoms with Gasteiger partial charge in [0.25, 0.3) is 0 Å². The van der Waals surface area contributed by atoms with E-state index in [2.05, 4.69) is 37.1 Å². The first-order chi connectivity index (χ1) is 15.3. The molecule has 2 heterocycles. The summed E-state index contributed by atoms with van der Waals surface area (Å²) in [5.41, 5.74) is 3.01. The third-order valence-electron chi connectivity index (χ3n) is 7.14. The number of amides is 1. The normalized spacial score (nSPS) is 17.0. The quantitative estimate of drug-likeness (QED) is 0.571. The second-order valence-corrected chi connectivity index (χ2v) is 9.63. The van der Waals surface area contributed by atoms with Gasteiger partial charge in [-0.15, -0.1) is 0 Å². The fourth-order valence-electron chi connectivity index (χ4n) is 4.87. The van der Waals surface area contributed by atoms with Crippen molar-refractivity contribution < 1.29 is 9.18 Å². The van der Waals surface area contributed by atoms with E-state index in [9.17, 15) is 9.18 Å². The van der Waals surface area contributed by atoms with Gasteiger partial charge in [-0.25, -0.2) is 4.39 Å². The van der Waals surface area contributed by atoms with Gasteiger partial charge in [0.05, 0.1) is 5.69 Å². The zero-order chi connectivity index (χ0) is 23.3. The van der Waals surface area contributed by atoms with Gasteiger partial charge in [0, 0.05) is 50.9 Å². The van der Waals surface area contributed by atoms with E-state index in [-0.39, 0.29) is 17.8 Å². The number of hydrogen-bond donors (Lipinski definition) is 0. The molecule has 0 saturated carbocycles. The molecule has 2 unspecified atom stereocenters. The zero-order valence-electron chi connectivity index (χ0n) is 20.4. The van der Waals surface area contributed by atoms with Crippen LogP contribution in [0.2, 0.25) is 0 Å². The van der Waals surface area contributed by atoms with E-state index < -0.39 is 0 Å². The summed E-state index contributed by atoms with van der Waals surface area (Å²) in [6, 6.07) is 7.32. The van der Waals surface area contributed by atoms with Crippen molar-refractivity contribution in [2.45, 2.75) is 65.5 Å². The molecule has 0 bridgehead atoms. The average Bonchev–Trinajstić information content (AvgIpc) is 3.09. The zero-order valence-corrected chi connectivity index (χ0v) is 20.4. The van der Waals surface area contributed by atoms with Crippen molar-refractivity contribution in [1.29, 1.82) is 0 Å². The van der Waals surface area contributed by atoms with Crippen LogP contribution >= 0.6 is 0 Å². The maximum atomic E-state index is 14.5. The molecule has 0 radical (unpaired) electrons. The number of carbonyl (C=O) groups excluding carboxylic acids is 1. The number of halogens is 1. The third-order valence-corrected chi connectivity index (χ3v) is 7.14. The number of aryl methyl sites for hydroxylation is 2. The predicted molar refractivity (Wildman–Crippen MR) is 127 cm³/mol. The van der Waals surface area contributed by atoms with Crippen LogP contribution in [0.1, 0.15) is 56.4 Å². The Labute approximate surface area is 192 Å². The van der Waals surface area contributed by atoms with Crippen molar-refractivity contribution in [2.75, 3.05) is 20.1 Å². The maximum absolute atomic E-state index is 14.5. The summed E-state index contributed by atoms with van der Waals surface area (Å²) < 4.78 is 16.4. The van der Waals surface area contributed by atoms with Gasteiger partial charge in [0.15, 0.2) is 0 Å². The van der Waals surface area contributed by atoms with E-state index in [1.165, 1.54) is 5.56 Å². The molecule has 0 N–H and O–H groups in total. The molecule has 1 aromatic heterocycles. The number of hydrogen-bond acceptors (Lipinski definition) is 3. The summed E-state index contributed by atoms with van der Waals surface area (Å²) in [4.78, 5) is 17.0. The van der Waals surface area contributed by atoms with E-state index in [1.807, 2.05) is 35.7 Å². The van der Waals surface area contributed by atoms with Gasteiger partial charge >= 0.3 is 0 Å². The van der Waals surface area contributed by atoms with Crippen molar-refractivity contribution in [3.05, 3.63) is 53.1 Å². The van der Waals surface area contributed by atoms with Crippen molar-refractivity contribution in [3.63, 3.8) is 0 Å². The Morgan fingerprint density at radius 1 is 1.25 bits per heavy atom. The van der Waals surface area contributed by atoms with Crippen molar-refractivity contribution >= 4 is 5.91 Å². The Balaban J connectivity index is 1.72. The molecule has 5 nitrogen and oxygen atoms in total. The number of piperidine rings is 1. The second kappa shape index (κ2) is 11.1. The second-order valence-electron chi connectivity index (χ2n) is 9.63. The summed E-state index contributed by atoms with van der Waals surface area (Å²) in [6.07, 6.45) is 6.34. The lowest BCUT2D eigenvalue weighted by molar-refractivity contribution is -0.133. The van der Waals surface area contributed by atoms with E-state index in [1.54, 1.807) is 12.1 Å². The van der Waals surface area contributed by atoms with Gasteiger partial charge in [-0.1, -0.05) is 38.5 Å². The average molecular weight is 443 g/mol. The lowest BCUT2D eigenvalue weighted by Gasteiger charge is -2.40. The molecule has 6 heteroatoms. The molecule has 3 rings (SSSR count). The molecular formula is C26H39FN4O. The maximum Gasteiger partial charge on any atom is 0.222 e. The monoisotopic (exact) mass is 442 g/mol. The van der Waals surface area contributed by atoms with Crippen LogP contribution in [-0.4, -0.2) is 51.7 Å². The van der Waals surface area contributed by atoms with E-state index in [4.69, 9.17) is 0 Å². The summed E-state index contributed by atoms with van der Waals surface area (Å²) in [7, 11) is 4.08. The summed E-state index contributed by atoms with van der Waals surface area (Å²) in [5, 5.41) is 4.48. The molecule has 1 saturated heterocycles. The standard InChI is InChI=1S/C26H39FN4O/c1-6-19(2)15-26(32)31-13-11-21(12-14-31)25(16-22-9-7-8-10-24(22)27)29(4)17-23-18-30(5)28-20(23)3/h7-10,18-19,21,25H,6,11-17H2,1-5H3. The van der Waals surface area contributed by atoms with Gasteiger partial charge in [-0.2, -0.15) is 5.10 Å². The minimum absolute atomic E-state index is 0.135. The van der Waals surface area contributed by atoms with E-state index in [0.29, 0.717) is 24.7 Å². The van der Waals surface area contributed by atoms with Crippen LogP contribution in [0.15, 0.2) is 30.5 Å². The number of likely N-dealkylation sites (N-methyl/N-ethyl adjacent to an activating group) is 1. The Morgan fingerprint density at radius 2 is 1.94 bits per heavy atom. The van der Waals surface area contributed by atoms with Gasteiger partial charge < -0.3 is 4.90 Å². The van der Waals surface area contributed by atoms with Crippen LogP contribution in [0.5, 0.6) is 0 Å². The largest absolute Gasteiger partial charge is 0.343 e. The number of aromatic nitrogens is 2. The van der Waals surface area contributed by atoms with E-state index >= 15 is 0 Å². The SMILES string of the molecule is CCC(C)CC(=O)N1CCC(C(Cc2ccccc2F)N(C)Cc2cn(C)nc2C)CC1. The molecule has 1 aromatic carbocycles. The smallest absolute Gasteiger partial charge is 0.222 e. The summed E-state index contributed by atoms with van der Waals surface area (Å²) in [6.45, 7) is 8.70. The van der Waals surface area contributed by atoms with Crippen molar-refractivity contribution in [1.82, 2.24) is 19.6 Å². The van der Waals surface area contributed by atoms with Crippen LogP contribution in [0.3, 0.4) is 0 Å². The molecule has 2 aromatic rings. The number of benzene rings is 1. The summed E-state index contributed by atoms with van der Waals surface area (Å²) in [5.74, 6) is 1.000. The molecule has 1 fully saturated rings. The fraction of sp³-hybridized carbons (Fsp3) is 0.615. The van der Waals surface area contributed by atoms with Crippen LogP contribution in [0.4, 0.5) is 4.39 Å². The molecule has 176 valence electrons. The molecular weight excluding hydrogens is 403 g/mol. The highest BCUT2D eigenvalue weighted by Gasteiger charge is 2.32. The van der Waals surface area contributed by atoms with Crippen LogP contribution in [0, 0.1) is 24.6 Å². The van der Waals surface area contributed by atoms with Crippen LogP contribution in [0.25, 0.3) is 0 Å². The highest BCUT2D eigenvalue weighted by atomic mass is 19.1. The van der Waals surface area contributed by atoms with Crippen molar-refractivity contribution in [2.24, 2.45) is 18.9 Å². The highest BCUT2D eigenvalue weighted by Crippen LogP contribution is 2.29. The number of carbonyl (C=O) groups is 1. The molecule has 0 aliphatic carbocycles. The number of likely N-dealkylation sites (tertiary alicyclic amines) is 1. The van der Waals surface area contributed by atoms with Crippen LogP contribution in [-0.2, 0) is 24.8 Å². The number of rotatable bonds is 9. The Hall–Kier alpha value is -2.21. The third kappa shape index (κ3) is 6.18. The molecule has 2 atom stereocenters. The minimum atomic E-state index is -0.135. The molecule has 1 amide bonds. The molecule has 1 aliphatic heterocycles. The Kier molecular flexibility index (Phi) is 8.46. The lowest BCUT2D eigenvalue weighted by atomic mass is 9.84. The highest BCUT2D eigenvalue weighted by molar-refractivity contribution is 5.76. The Bertz CT molecular complexity index is 888. The minimum Gasteiger partial charge on any atom is -0.343 e. The molecule has 0 spiro atoms. The fourth-order valence-corrected chi connectivity index (χ4v) is 4.87. The van der Waals surface area contributed by atoms with Gasteiger partial charge in [0.2, 0.25) is 5.91 Å². The first kappa shape index (κ1) is 24.4. The van der Waals surface area contributed by atoms with Gasteiger partial charge in [-0.3, -0.25) is 14.4 Å². The van der Waals surface area contributed by atoms with Crippen molar-refractivity contribution in [3.8, 4) is 0 Å². The van der Waals surface area contributed by atoms with Gasteiger partial charge in [-0.05, 0) is 56.7 Å². The first-order valence-corrected chi connectivity index (χ1v) is 12.0. The van der Waals surface area contributed by atoms with Crippen LogP contribution < -0.4 is 0 Å². The van der Waals surface area contributed by atoms with Gasteiger partial charge in [0.1, 0.15) is 5.82 Å².